The van der Waals surface area contributed by atoms with Gasteiger partial charge in [-0.2, -0.15) is 0 Å². The second-order valence-electron chi connectivity index (χ2n) is 6.34. The van der Waals surface area contributed by atoms with Crippen LogP contribution in [0, 0.1) is 0 Å². The van der Waals surface area contributed by atoms with Crippen molar-refractivity contribution in [2.75, 3.05) is 18.6 Å². The number of benzene rings is 2. The van der Waals surface area contributed by atoms with Gasteiger partial charge in [0, 0.05) is 22.9 Å². The Kier molecular flexibility index (Phi) is 4.16. The van der Waals surface area contributed by atoms with Crippen LogP contribution in [0.5, 0.6) is 5.75 Å². The molecule has 1 saturated heterocycles. The van der Waals surface area contributed by atoms with Crippen LogP contribution in [-0.2, 0) is 4.79 Å². The smallest absolute Gasteiger partial charge is 0.326 e. The number of carbonyl (C=O) groups is 1. The molecule has 1 aromatic heterocycles. The molecule has 1 aliphatic heterocycles. The van der Waals surface area contributed by atoms with Gasteiger partial charge in [0.1, 0.15) is 17.5 Å². The minimum Gasteiger partial charge on any atom is -0.497 e. The third-order valence-corrected chi connectivity index (χ3v) is 4.84. The van der Waals surface area contributed by atoms with E-state index in [-0.39, 0.29) is 0 Å². The summed E-state index contributed by atoms with van der Waals surface area (Å²) in [4.78, 5) is 13.4. The second-order valence-corrected chi connectivity index (χ2v) is 6.34. The van der Waals surface area contributed by atoms with Gasteiger partial charge in [-0.1, -0.05) is 24.3 Å². The van der Waals surface area contributed by atoms with Gasteiger partial charge >= 0.3 is 5.97 Å². The summed E-state index contributed by atoms with van der Waals surface area (Å²) in [7, 11) is 1.63. The molecule has 2 heterocycles. The fraction of sp³-hybridized carbons (Fsp3) is 0.250. The number of hydrogen-bond acceptors (Lipinski definition) is 5. The van der Waals surface area contributed by atoms with Crippen molar-refractivity contribution in [3.8, 4) is 17.0 Å². The predicted molar refractivity (Wildman–Crippen MR) is 99.5 cm³/mol. The zero-order valence-corrected chi connectivity index (χ0v) is 14.4. The first-order valence-corrected chi connectivity index (χ1v) is 8.58. The molecular weight excluding hydrogens is 330 g/mol. The summed E-state index contributed by atoms with van der Waals surface area (Å²) in [6, 6.07) is 15.0. The van der Waals surface area contributed by atoms with Crippen LogP contribution in [0.15, 0.2) is 48.5 Å². The third-order valence-electron chi connectivity index (χ3n) is 4.84. The van der Waals surface area contributed by atoms with Crippen molar-refractivity contribution in [1.29, 1.82) is 0 Å². The quantitative estimate of drug-likeness (QED) is 0.778. The minimum atomic E-state index is -0.812. The maximum Gasteiger partial charge on any atom is 0.326 e. The van der Waals surface area contributed by atoms with Crippen LogP contribution in [0.2, 0.25) is 0 Å². The van der Waals surface area contributed by atoms with Crippen LogP contribution < -0.4 is 9.64 Å². The van der Waals surface area contributed by atoms with Gasteiger partial charge in [-0.25, -0.2) is 4.79 Å². The fourth-order valence-electron chi connectivity index (χ4n) is 3.54. The highest BCUT2D eigenvalue weighted by atomic mass is 16.5. The lowest BCUT2D eigenvalue weighted by atomic mass is 10.0. The Morgan fingerprint density at radius 2 is 1.85 bits per heavy atom. The van der Waals surface area contributed by atoms with E-state index >= 15 is 0 Å². The van der Waals surface area contributed by atoms with Crippen LogP contribution in [0.3, 0.4) is 0 Å². The molecule has 26 heavy (non-hydrogen) atoms. The molecule has 1 fully saturated rings. The highest BCUT2D eigenvalue weighted by molar-refractivity contribution is 6.01. The number of carboxylic acid groups (broad SMARTS) is 1. The molecule has 1 N–H and O–H groups in total. The normalized spacial score (nSPS) is 16.8. The number of methoxy groups -OCH3 is 1. The number of rotatable bonds is 4. The first-order valence-electron chi connectivity index (χ1n) is 8.58. The first-order chi connectivity index (χ1) is 12.7. The number of anilines is 1. The summed E-state index contributed by atoms with van der Waals surface area (Å²) >= 11 is 0. The van der Waals surface area contributed by atoms with E-state index < -0.39 is 12.0 Å². The van der Waals surface area contributed by atoms with Crippen molar-refractivity contribution in [2.24, 2.45) is 0 Å². The van der Waals surface area contributed by atoms with E-state index in [4.69, 9.17) is 4.74 Å². The summed E-state index contributed by atoms with van der Waals surface area (Å²) in [6.07, 6.45) is 1.47. The summed E-state index contributed by atoms with van der Waals surface area (Å²) in [5.74, 6) is 0.611. The SMILES string of the molecule is COc1ccc(-c2nnc(N3CCCC3C(=O)O)c3ccccc23)cc1. The van der Waals surface area contributed by atoms with E-state index in [1.165, 1.54) is 0 Å². The summed E-state index contributed by atoms with van der Waals surface area (Å²) in [5.41, 5.74) is 1.72. The molecule has 0 saturated carbocycles. The lowest BCUT2D eigenvalue weighted by Gasteiger charge is -2.23. The number of ether oxygens (including phenoxy) is 1. The van der Waals surface area contributed by atoms with Crippen LogP contribution in [0.25, 0.3) is 22.0 Å². The Morgan fingerprint density at radius 1 is 1.12 bits per heavy atom. The topological polar surface area (TPSA) is 75.6 Å². The molecule has 0 spiro atoms. The molecule has 0 amide bonds. The predicted octanol–water partition coefficient (Wildman–Crippen LogP) is 3.36. The highest BCUT2D eigenvalue weighted by Crippen LogP contribution is 2.34. The third kappa shape index (κ3) is 2.73. The van der Waals surface area contributed by atoms with E-state index in [1.807, 2.05) is 53.4 Å². The van der Waals surface area contributed by atoms with Crippen molar-refractivity contribution >= 4 is 22.6 Å². The summed E-state index contributed by atoms with van der Waals surface area (Å²) in [5, 5.41) is 20.2. The van der Waals surface area contributed by atoms with E-state index in [1.54, 1.807) is 7.11 Å². The van der Waals surface area contributed by atoms with Crippen LogP contribution in [0.4, 0.5) is 5.82 Å². The standard InChI is InChI=1S/C20H19N3O3/c1-26-14-10-8-13(9-11-14)18-15-5-2-3-6-16(15)19(22-21-18)23-12-4-7-17(23)20(24)25/h2-3,5-6,8-11,17H,4,7,12H2,1H3,(H,24,25). The van der Waals surface area contributed by atoms with E-state index in [0.717, 1.165) is 34.2 Å². The molecule has 0 bridgehead atoms. The zero-order chi connectivity index (χ0) is 18.1. The number of aromatic nitrogens is 2. The van der Waals surface area contributed by atoms with Crippen molar-refractivity contribution in [2.45, 2.75) is 18.9 Å². The van der Waals surface area contributed by atoms with Gasteiger partial charge in [0.25, 0.3) is 0 Å². The summed E-state index contributed by atoms with van der Waals surface area (Å²) < 4.78 is 5.22. The minimum absolute atomic E-state index is 0.542. The molecule has 6 heteroatoms. The molecule has 6 nitrogen and oxygen atoms in total. The van der Waals surface area contributed by atoms with Crippen molar-refractivity contribution < 1.29 is 14.6 Å². The zero-order valence-electron chi connectivity index (χ0n) is 14.4. The second kappa shape index (κ2) is 6.63. The van der Waals surface area contributed by atoms with Gasteiger partial charge in [-0.05, 0) is 37.1 Å². The molecule has 1 atom stereocenters. The Balaban J connectivity index is 1.84. The number of hydrogen-bond donors (Lipinski definition) is 1. The van der Waals surface area contributed by atoms with Crippen LogP contribution >= 0.6 is 0 Å². The Morgan fingerprint density at radius 3 is 2.54 bits per heavy atom. The van der Waals surface area contributed by atoms with Crippen molar-refractivity contribution in [1.82, 2.24) is 10.2 Å². The fourth-order valence-corrected chi connectivity index (χ4v) is 3.54. The van der Waals surface area contributed by atoms with E-state index in [9.17, 15) is 9.90 Å². The molecule has 0 radical (unpaired) electrons. The van der Waals surface area contributed by atoms with Gasteiger partial charge in [0.2, 0.25) is 0 Å². The Bertz CT molecular complexity index is 956. The van der Waals surface area contributed by atoms with Crippen LogP contribution in [0.1, 0.15) is 12.8 Å². The van der Waals surface area contributed by atoms with Crippen molar-refractivity contribution in [3.05, 3.63) is 48.5 Å². The number of carboxylic acids is 1. The lowest BCUT2D eigenvalue weighted by Crippen LogP contribution is -2.36. The first kappa shape index (κ1) is 16.3. The summed E-state index contributed by atoms with van der Waals surface area (Å²) in [6.45, 7) is 0.678. The largest absolute Gasteiger partial charge is 0.497 e. The van der Waals surface area contributed by atoms with Gasteiger partial charge in [0.05, 0.1) is 7.11 Å². The number of fused-ring (bicyclic) bond motifs is 1. The molecule has 1 aliphatic rings. The number of nitrogens with zero attached hydrogens (tertiary/aromatic N) is 3. The number of aliphatic carboxylic acids is 1. The molecule has 4 rings (SSSR count). The maximum atomic E-state index is 11.6. The van der Waals surface area contributed by atoms with Crippen molar-refractivity contribution in [3.63, 3.8) is 0 Å². The van der Waals surface area contributed by atoms with Gasteiger partial charge in [-0.3, -0.25) is 0 Å². The molecule has 2 aromatic carbocycles. The average Bonchev–Trinajstić information content (AvgIpc) is 3.17. The average molecular weight is 349 g/mol. The Labute approximate surface area is 151 Å². The monoisotopic (exact) mass is 349 g/mol. The van der Waals surface area contributed by atoms with E-state index in [0.29, 0.717) is 18.8 Å². The molecule has 132 valence electrons. The van der Waals surface area contributed by atoms with Crippen LogP contribution in [-0.4, -0.2) is 41.0 Å². The van der Waals surface area contributed by atoms with Gasteiger partial charge in [-0.15, -0.1) is 10.2 Å². The molecule has 3 aromatic rings. The molecule has 1 unspecified atom stereocenters. The van der Waals surface area contributed by atoms with Gasteiger partial charge in [0.15, 0.2) is 5.82 Å². The van der Waals surface area contributed by atoms with Gasteiger partial charge < -0.3 is 14.7 Å². The van der Waals surface area contributed by atoms with E-state index in [2.05, 4.69) is 10.2 Å². The molecular formula is C20H19N3O3. The lowest BCUT2D eigenvalue weighted by molar-refractivity contribution is -0.138. The highest BCUT2D eigenvalue weighted by Gasteiger charge is 2.32. The molecule has 0 aliphatic carbocycles. The Hall–Kier alpha value is -3.15. The maximum absolute atomic E-state index is 11.6.